The zero-order valence-electron chi connectivity index (χ0n) is 12.8. The fourth-order valence-corrected chi connectivity index (χ4v) is 2.83. The molecule has 3 nitrogen and oxygen atoms in total. The van der Waals surface area contributed by atoms with Crippen LogP contribution in [-0.2, 0) is 4.74 Å². The van der Waals surface area contributed by atoms with E-state index in [0.717, 1.165) is 29.4 Å². The van der Waals surface area contributed by atoms with Crippen LogP contribution in [-0.4, -0.2) is 17.3 Å². The highest BCUT2D eigenvalue weighted by atomic mass is 16.5. The van der Waals surface area contributed by atoms with Gasteiger partial charge in [-0.05, 0) is 38.3 Å². The monoisotopic (exact) mass is 276 g/mol. The molecule has 0 radical (unpaired) electrons. The van der Waals surface area contributed by atoms with Gasteiger partial charge in [-0.3, -0.25) is 0 Å². The summed E-state index contributed by atoms with van der Waals surface area (Å²) in [7, 11) is 0. The molecule has 1 heterocycles. The molecule has 0 aliphatic rings. The number of fused-ring (bicyclic) bond motifs is 1. The van der Waals surface area contributed by atoms with E-state index in [2.05, 4.69) is 0 Å². The summed E-state index contributed by atoms with van der Waals surface area (Å²) < 4.78 is 11.7. The summed E-state index contributed by atoms with van der Waals surface area (Å²) in [5.41, 5.74) is 1.35. The van der Waals surface area contributed by atoms with Gasteiger partial charge in [0.1, 0.15) is 23.0 Å². The molecule has 1 aromatic carbocycles. The molecular weight excluding hydrogens is 252 g/mol. The van der Waals surface area contributed by atoms with Crippen LogP contribution < -0.4 is 0 Å². The Hall–Kier alpha value is -1.32. The third kappa shape index (κ3) is 2.48. The van der Waals surface area contributed by atoms with E-state index >= 15 is 0 Å². The Morgan fingerprint density at radius 3 is 2.50 bits per heavy atom. The van der Waals surface area contributed by atoms with Crippen LogP contribution in [0.3, 0.4) is 0 Å². The molecule has 110 valence electrons. The lowest BCUT2D eigenvalue weighted by Crippen LogP contribution is -2.38. The minimum atomic E-state index is -0.746. The number of benzene rings is 1. The van der Waals surface area contributed by atoms with Gasteiger partial charge in [0.2, 0.25) is 0 Å². The van der Waals surface area contributed by atoms with Crippen LogP contribution in [0, 0.1) is 6.92 Å². The van der Waals surface area contributed by atoms with Gasteiger partial charge in [-0.25, -0.2) is 0 Å². The molecule has 0 fully saturated rings. The van der Waals surface area contributed by atoms with Gasteiger partial charge < -0.3 is 14.3 Å². The summed E-state index contributed by atoms with van der Waals surface area (Å²) in [6.45, 7) is 8.62. The van der Waals surface area contributed by atoms with Crippen LogP contribution in [0.25, 0.3) is 11.0 Å². The molecule has 0 amide bonds. The zero-order valence-corrected chi connectivity index (χ0v) is 12.8. The maximum atomic E-state index is 10.7. The van der Waals surface area contributed by atoms with Gasteiger partial charge in [-0.15, -0.1) is 0 Å². The SMILES string of the molecule is CCOC(CC)(CC)C(O)c1cc2cccc(C)c2o1. The van der Waals surface area contributed by atoms with E-state index in [9.17, 15) is 5.11 Å². The van der Waals surface area contributed by atoms with Crippen molar-refractivity contribution in [1.29, 1.82) is 0 Å². The maximum absolute atomic E-state index is 10.7. The first-order valence-electron chi connectivity index (χ1n) is 7.39. The summed E-state index contributed by atoms with van der Waals surface area (Å²) in [5, 5.41) is 11.8. The van der Waals surface area contributed by atoms with Crippen LogP contribution in [0.15, 0.2) is 28.7 Å². The molecule has 20 heavy (non-hydrogen) atoms. The number of aliphatic hydroxyl groups is 1. The molecule has 0 saturated heterocycles. The number of aryl methyl sites for hydroxylation is 1. The zero-order chi connectivity index (χ0) is 14.8. The molecule has 0 aliphatic heterocycles. The van der Waals surface area contributed by atoms with Crippen molar-refractivity contribution in [3.63, 3.8) is 0 Å². The van der Waals surface area contributed by atoms with Crippen molar-refractivity contribution in [2.24, 2.45) is 0 Å². The van der Waals surface area contributed by atoms with E-state index < -0.39 is 11.7 Å². The van der Waals surface area contributed by atoms with Gasteiger partial charge in [-0.2, -0.15) is 0 Å². The summed E-state index contributed by atoms with van der Waals surface area (Å²) in [5.74, 6) is 0.589. The van der Waals surface area contributed by atoms with Gasteiger partial charge in [0.25, 0.3) is 0 Å². The van der Waals surface area contributed by atoms with E-state index in [1.807, 2.05) is 52.0 Å². The number of furan rings is 1. The Labute approximate surface area is 120 Å². The summed E-state index contributed by atoms with van der Waals surface area (Å²) >= 11 is 0. The lowest BCUT2D eigenvalue weighted by molar-refractivity contribution is -0.133. The first kappa shape index (κ1) is 15.1. The number of rotatable bonds is 6. The smallest absolute Gasteiger partial charge is 0.140 e. The van der Waals surface area contributed by atoms with E-state index in [1.54, 1.807) is 0 Å². The van der Waals surface area contributed by atoms with Crippen molar-refractivity contribution in [3.05, 3.63) is 35.6 Å². The third-order valence-corrected chi connectivity index (χ3v) is 4.16. The molecule has 0 bridgehead atoms. The molecule has 2 rings (SSSR count). The number of hydrogen-bond donors (Lipinski definition) is 1. The summed E-state index contributed by atoms with van der Waals surface area (Å²) in [4.78, 5) is 0. The van der Waals surface area contributed by atoms with Gasteiger partial charge >= 0.3 is 0 Å². The van der Waals surface area contributed by atoms with Crippen LogP contribution in [0.5, 0.6) is 0 Å². The summed E-state index contributed by atoms with van der Waals surface area (Å²) in [6.07, 6.45) is 0.743. The van der Waals surface area contributed by atoms with Gasteiger partial charge in [0.15, 0.2) is 0 Å². The maximum Gasteiger partial charge on any atom is 0.140 e. The fraction of sp³-hybridized carbons (Fsp3) is 0.529. The van der Waals surface area contributed by atoms with Crippen LogP contribution in [0.2, 0.25) is 0 Å². The van der Waals surface area contributed by atoms with Crippen molar-refractivity contribution in [1.82, 2.24) is 0 Å². The standard InChI is InChI=1S/C17H24O3/c1-5-17(6-2,19-7-3)16(18)14-11-13-10-8-9-12(4)15(13)20-14/h8-11,16,18H,5-7H2,1-4H3. The topological polar surface area (TPSA) is 42.6 Å². The molecule has 0 spiro atoms. The number of para-hydroxylation sites is 1. The minimum Gasteiger partial charge on any atom is -0.458 e. The first-order chi connectivity index (χ1) is 9.57. The highest BCUT2D eigenvalue weighted by molar-refractivity contribution is 5.81. The number of aliphatic hydroxyl groups excluding tert-OH is 1. The first-order valence-corrected chi connectivity index (χ1v) is 7.39. The quantitative estimate of drug-likeness (QED) is 0.852. The second kappa shape index (κ2) is 5.98. The van der Waals surface area contributed by atoms with Gasteiger partial charge in [0.05, 0.1) is 0 Å². The van der Waals surface area contributed by atoms with Crippen molar-refractivity contribution in [3.8, 4) is 0 Å². The lowest BCUT2D eigenvalue weighted by Gasteiger charge is -2.35. The predicted molar refractivity (Wildman–Crippen MR) is 80.8 cm³/mol. The average Bonchev–Trinajstić information content (AvgIpc) is 2.89. The molecule has 2 aromatic rings. The van der Waals surface area contributed by atoms with Gasteiger partial charge in [0, 0.05) is 12.0 Å². The predicted octanol–water partition coefficient (Wildman–Crippen LogP) is 4.37. The fourth-order valence-electron chi connectivity index (χ4n) is 2.83. The summed E-state index contributed by atoms with van der Waals surface area (Å²) in [6, 6.07) is 7.94. The minimum absolute atomic E-state index is 0.573. The number of ether oxygens (including phenoxy) is 1. The van der Waals surface area contributed by atoms with Crippen LogP contribution in [0.4, 0.5) is 0 Å². The third-order valence-electron chi connectivity index (χ3n) is 4.16. The Morgan fingerprint density at radius 2 is 1.95 bits per heavy atom. The molecule has 1 atom stereocenters. The Bertz CT molecular complexity index is 567. The molecule has 3 heteroatoms. The van der Waals surface area contributed by atoms with E-state index in [-0.39, 0.29) is 0 Å². The van der Waals surface area contributed by atoms with Crippen molar-refractivity contribution >= 4 is 11.0 Å². The van der Waals surface area contributed by atoms with E-state index in [0.29, 0.717) is 12.4 Å². The highest BCUT2D eigenvalue weighted by Gasteiger charge is 2.38. The van der Waals surface area contributed by atoms with Crippen molar-refractivity contribution < 1.29 is 14.3 Å². The Balaban J connectivity index is 2.43. The highest BCUT2D eigenvalue weighted by Crippen LogP contribution is 2.38. The molecule has 1 unspecified atom stereocenters. The van der Waals surface area contributed by atoms with E-state index in [1.165, 1.54) is 0 Å². The van der Waals surface area contributed by atoms with Crippen LogP contribution >= 0.6 is 0 Å². The lowest BCUT2D eigenvalue weighted by atomic mass is 9.88. The Morgan fingerprint density at radius 1 is 1.25 bits per heavy atom. The average molecular weight is 276 g/mol. The second-order valence-electron chi connectivity index (χ2n) is 5.25. The number of hydrogen-bond acceptors (Lipinski definition) is 3. The molecule has 1 N–H and O–H groups in total. The Kier molecular flexibility index (Phi) is 4.51. The molecule has 0 aliphatic carbocycles. The normalized spacial score (nSPS) is 13.8. The van der Waals surface area contributed by atoms with Crippen LogP contribution in [0.1, 0.15) is 51.0 Å². The molecule has 1 aromatic heterocycles. The van der Waals surface area contributed by atoms with E-state index in [4.69, 9.17) is 9.15 Å². The molecule has 0 saturated carbocycles. The largest absolute Gasteiger partial charge is 0.458 e. The van der Waals surface area contributed by atoms with Crippen molar-refractivity contribution in [2.75, 3.05) is 6.61 Å². The van der Waals surface area contributed by atoms with Crippen molar-refractivity contribution in [2.45, 2.75) is 52.2 Å². The second-order valence-corrected chi connectivity index (χ2v) is 5.25. The molecular formula is C17H24O3. The van der Waals surface area contributed by atoms with Gasteiger partial charge in [-0.1, -0.05) is 32.0 Å².